The molecule has 3 aromatic carbocycles. The second kappa shape index (κ2) is 8.02. The number of hydrogen-bond donors (Lipinski definition) is 0. The van der Waals surface area contributed by atoms with Crippen LogP contribution in [-0.2, 0) is 10.0 Å². The molecule has 0 N–H and O–H groups in total. The summed E-state index contributed by atoms with van der Waals surface area (Å²) in [5.41, 5.74) is 2.36. The van der Waals surface area contributed by atoms with Gasteiger partial charge in [-0.25, -0.2) is 12.8 Å². The van der Waals surface area contributed by atoms with E-state index in [1.165, 1.54) is 23.5 Å². The van der Waals surface area contributed by atoms with Crippen molar-refractivity contribution >= 4 is 15.7 Å². The van der Waals surface area contributed by atoms with Gasteiger partial charge in [0, 0.05) is 6.07 Å². The lowest BCUT2D eigenvalue weighted by molar-refractivity contribution is 0.415. The van der Waals surface area contributed by atoms with Crippen LogP contribution in [-0.4, -0.2) is 15.5 Å². The molecule has 1 atom stereocenters. The molecule has 0 radical (unpaired) electrons. The standard InChI is InChI=1S/C22H22FNO3S/c1-16-6-4-7-18(14-16)17(2)24(20-8-5-9-21(15-20)27-3)28(25,26)22-12-10-19(23)11-13-22/h4-15,17H,1-3H3/t17-/m1/s1. The second-order valence-electron chi connectivity index (χ2n) is 6.55. The quantitative estimate of drug-likeness (QED) is 0.579. The van der Waals surface area contributed by atoms with Gasteiger partial charge < -0.3 is 4.74 Å². The average molecular weight is 399 g/mol. The molecule has 0 amide bonds. The molecule has 0 aliphatic carbocycles. The van der Waals surface area contributed by atoms with Crippen molar-refractivity contribution in [2.75, 3.05) is 11.4 Å². The van der Waals surface area contributed by atoms with E-state index >= 15 is 0 Å². The Bertz CT molecular complexity index is 1070. The van der Waals surface area contributed by atoms with Gasteiger partial charge in [0.25, 0.3) is 10.0 Å². The number of methoxy groups -OCH3 is 1. The maximum atomic E-state index is 13.5. The SMILES string of the molecule is COc1cccc(N([C@H](C)c2cccc(C)c2)S(=O)(=O)c2ccc(F)cc2)c1. The fourth-order valence-corrected chi connectivity index (χ4v) is 4.74. The van der Waals surface area contributed by atoms with Gasteiger partial charge in [-0.1, -0.05) is 35.9 Å². The zero-order valence-electron chi connectivity index (χ0n) is 16.0. The Balaban J connectivity index is 2.17. The average Bonchev–Trinajstić information content (AvgIpc) is 2.68. The van der Waals surface area contributed by atoms with Crippen molar-refractivity contribution in [2.45, 2.75) is 24.8 Å². The zero-order chi connectivity index (χ0) is 20.3. The van der Waals surface area contributed by atoms with Gasteiger partial charge in [0.1, 0.15) is 11.6 Å². The van der Waals surface area contributed by atoms with Crippen molar-refractivity contribution in [2.24, 2.45) is 0 Å². The summed E-state index contributed by atoms with van der Waals surface area (Å²) < 4.78 is 47.0. The summed E-state index contributed by atoms with van der Waals surface area (Å²) in [6.07, 6.45) is 0. The van der Waals surface area contributed by atoms with E-state index in [2.05, 4.69) is 0 Å². The molecule has 146 valence electrons. The highest BCUT2D eigenvalue weighted by molar-refractivity contribution is 7.92. The highest BCUT2D eigenvalue weighted by Gasteiger charge is 2.30. The molecule has 0 aliphatic rings. The van der Waals surface area contributed by atoms with Crippen molar-refractivity contribution < 1.29 is 17.5 Å². The Morgan fingerprint density at radius 3 is 2.29 bits per heavy atom. The molecule has 28 heavy (non-hydrogen) atoms. The fourth-order valence-electron chi connectivity index (χ4n) is 3.10. The van der Waals surface area contributed by atoms with Crippen molar-refractivity contribution in [3.8, 4) is 5.75 Å². The maximum absolute atomic E-state index is 13.5. The molecule has 0 unspecified atom stereocenters. The molecule has 3 rings (SSSR count). The van der Waals surface area contributed by atoms with Crippen LogP contribution >= 0.6 is 0 Å². The van der Waals surface area contributed by atoms with E-state index in [-0.39, 0.29) is 4.90 Å². The molecule has 0 bridgehead atoms. The third-order valence-electron chi connectivity index (χ3n) is 4.55. The highest BCUT2D eigenvalue weighted by Crippen LogP contribution is 2.35. The van der Waals surface area contributed by atoms with E-state index < -0.39 is 21.9 Å². The summed E-state index contributed by atoms with van der Waals surface area (Å²) in [6, 6.07) is 19.0. The third kappa shape index (κ3) is 4.02. The van der Waals surface area contributed by atoms with Crippen LogP contribution < -0.4 is 9.04 Å². The van der Waals surface area contributed by atoms with Crippen LogP contribution in [0.5, 0.6) is 5.75 Å². The number of anilines is 1. The maximum Gasteiger partial charge on any atom is 0.264 e. The van der Waals surface area contributed by atoms with Gasteiger partial charge in [0.2, 0.25) is 0 Å². The van der Waals surface area contributed by atoms with Crippen molar-refractivity contribution in [3.05, 3.63) is 89.7 Å². The largest absolute Gasteiger partial charge is 0.497 e. The highest BCUT2D eigenvalue weighted by atomic mass is 32.2. The number of aryl methyl sites for hydroxylation is 1. The molecule has 0 saturated carbocycles. The van der Waals surface area contributed by atoms with Crippen molar-refractivity contribution in [1.82, 2.24) is 0 Å². The minimum atomic E-state index is -3.94. The lowest BCUT2D eigenvalue weighted by Gasteiger charge is -2.31. The minimum absolute atomic E-state index is 0.0243. The molecule has 0 saturated heterocycles. The van der Waals surface area contributed by atoms with Crippen LogP contribution in [0.2, 0.25) is 0 Å². The molecule has 0 aliphatic heterocycles. The number of ether oxygens (including phenoxy) is 1. The first-order chi connectivity index (χ1) is 13.3. The van der Waals surface area contributed by atoms with Gasteiger partial charge in [-0.3, -0.25) is 4.31 Å². The van der Waals surface area contributed by atoms with Gasteiger partial charge in [0.05, 0.1) is 23.7 Å². The number of rotatable bonds is 6. The van der Waals surface area contributed by atoms with Gasteiger partial charge in [-0.05, 0) is 55.8 Å². The first-order valence-corrected chi connectivity index (χ1v) is 10.3. The van der Waals surface area contributed by atoms with E-state index in [1.807, 2.05) is 38.1 Å². The summed E-state index contributed by atoms with van der Waals surface area (Å²) in [6.45, 7) is 3.79. The molecule has 0 aromatic heterocycles. The van der Waals surface area contributed by atoms with Gasteiger partial charge >= 0.3 is 0 Å². The Hall–Kier alpha value is -2.86. The van der Waals surface area contributed by atoms with Gasteiger partial charge in [-0.15, -0.1) is 0 Å². The zero-order valence-corrected chi connectivity index (χ0v) is 16.8. The summed E-state index contributed by atoms with van der Waals surface area (Å²) in [5.74, 6) is 0.0619. The number of hydrogen-bond acceptors (Lipinski definition) is 3. The lowest BCUT2D eigenvalue weighted by atomic mass is 10.1. The van der Waals surface area contributed by atoms with Crippen molar-refractivity contribution in [3.63, 3.8) is 0 Å². The Morgan fingerprint density at radius 2 is 1.64 bits per heavy atom. The van der Waals surface area contributed by atoms with E-state index in [0.717, 1.165) is 23.3 Å². The Kier molecular flexibility index (Phi) is 5.70. The van der Waals surface area contributed by atoms with Crippen LogP contribution in [0.1, 0.15) is 24.1 Å². The molecule has 0 heterocycles. The van der Waals surface area contributed by atoms with E-state index in [0.29, 0.717) is 11.4 Å². The van der Waals surface area contributed by atoms with Crippen LogP contribution in [0.15, 0.2) is 77.7 Å². The number of benzene rings is 3. The molecule has 4 nitrogen and oxygen atoms in total. The lowest BCUT2D eigenvalue weighted by Crippen LogP contribution is -2.33. The van der Waals surface area contributed by atoms with Gasteiger partial charge in [-0.2, -0.15) is 0 Å². The van der Waals surface area contributed by atoms with Crippen LogP contribution in [0.25, 0.3) is 0 Å². The molecular formula is C22H22FNO3S. The van der Waals surface area contributed by atoms with Crippen LogP contribution in [0.4, 0.5) is 10.1 Å². The summed E-state index contributed by atoms with van der Waals surface area (Å²) in [4.78, 5) is 0.0243. The smallest absolute Gasteiger partial charge is 0.264 e. The Morgan fingerprint density at radius 1 is 0.964 bits per heavy atom. The Labute approximate surface area is 165 Å². The molecule has 3 aromatic rings. The van der Waals surface area contributed by atoms with Gasteiger partial charge in [0.15, 0.2) is 0 Å². The summed E-state index contributed by atoms with van der Waals surface area (Å²) >= 11 is 0. The molecule has 6 heteroatoms. The first kappa shape index (κ1) is 19.9. The first-order valence-electron chi connectivity index (χ1n) is 8.83. The predicted octanol–water partition coefficient (Wildman–Crippen LogP) is 5.10. The molecule has 0 fully saturated rings. The third-order valence-corrected chi connectivity index (χ3v) is 6.47. The van der Waals surface area contributed by atoms with E-state index in [4.69, 9.17) is 4.74 Å². The molecule has 0 spiro atoms. The van der Waals surface area contributed by atoms with Crippen LogP contribution in [0.3, 0.4) is 0 Å². The van der Waals surface area contributed by atoms with Crippen LogP contribution in [0, 0.1) is 12.7 Å². The van der Waals surface area contributed by atoms with E-state index in [1.54, 1.807) is 24.3 Å². The minimum Gasteiger partial charge on any atom is -0.497 e. The monoisotopic (exact) mass is 399 g/mol. The predicted molar refractivity (Wildman–Crippen MR) is 109 cm³/mol. The topological polar surface area (TPSA) is 46.6 Å². The number of halogens is 1. The summed E-state index contributed by atoms with van der Waals surface area (Å²) in [7, 11) is -2.42. The molecular weight excluding hydrogens is 377 g/mol. The summed E-state index contributed by atoms with van der Waals surface area (Å²) in [5, 5.41) is 0. The number of nitrogens with zero attached hydrogens (tertiary/aromatic N) is 1. The van der Waals surface area contributed by atoms with E-state index in [9.17, 15) is 12.8 Å². The second-order valence-corrected chi connectivity index (χ2v) is 8.36. The van der Waals surface area contributed by atoms with Crippen molar-refractivity contribution in [1.29, 1.82) is 0 Å². The fraction of sp³-hybridized carbons (Fsp3) is 0.182. The normalized spacial score (nSPS) is 12.4. The number of sulfonamides is 1.